The molecule has 2 aromatic heterocycles. The number of aliphatic hydroxyl groups excluding tert-OH is 1. The number of hydrogen-bond donors (Lipinski definition) is 2. The van der Waals surface area contributed by atoms with Gasteiger partial charge < -0.3 is 15.2 Å². The summed E-state index contributed by atoms with van der Waals surface area (Å²) in [6.07, 6.45) is 2.87. The van der Waals surface area contributed by atoms with Crippen molar-refractivity contribution in [1.82, 2.24) is 15.3 Å². The van der Waals surface area contributed by atoms with Crippen LogP contribution < -0.4 is 5.32 Å². The summed E-state index contributed by atoms with van der Waals surface area (Å²) in [4.78, 5) is 33.4. The minimum atomic E-state index is -3.98. The number of fused-ring (bicyclic) bond motifs is 1. The van der Waals surface area contributed by atoms with Gasteiger partial charge in [0, 0.05) is 37.8 Å². The number of Topliss-reactive ketones (excluding diaryl/α,β-unsaturated/α-hetero) is 1. The molecule has 0 bridgehead atoms. The average Bonchev–Trinajstić information content (AvgIpc) is 3.57. The van der Waals surface area contributed by atoms with E-state index in [2.05, 4.69) is 15.3 Å². The summed E-state index contributed by atoms with van der Waals surface area (Å²) in [6, 6.07) is 6.53. The predicted molar refractivity (Wildman–Crippen MR) is 133 cm³/mol. The lowest BCUT2D eigenvalue weighted by atomic mass is 10.1. The first kappa shape index (κ1) is 26.3. The molecular weight excluding hydrogens is 509 g/mol. The number of amides is 1. The highest BCUT2D eigenvalue weighted by molar-refractivity contribution is 7.92. The topological polar surface area (TPSA) is 136 Å². The summed E-state index contributed by atoms with van der Waals surface area (Å²) in [6.45, 7) is -0.633. The number of aliphatic hydroxyl groups is 1. The molecule has 1 aliphatic rings. The van der Waals surface area contributed by atoms with Crippen LogP contribution in [0.4, 0.5) is 4.39 Å². The Morgan fingerprint density at radius 3 is 2.75 bits per heavy atom. The molecule has 192 valence electrons. The Morgan fingerprint density at radius 2 is 2.06 bits per heavy atom. The highest BCUT2D eigenvalue weighted by Gasteiger charge is 2.36. The molecule has 0 aliphatic heterocycles. The number of ketones is 1. The lowest BCUT2D eigenvalue weighted by Crippen LogP contribution is -2.29. The van der Waals surface area contributed by atoms with Crippen molar-refractivity contribution in [3.8, 4) is 11.1 Å². The number of thiazole rings is 1. The molecule has 2 heterocycles. The highest BCUT2D eigenvalue weighted by atomic mass is 32.2. The molecular formula is C24H26FN3O6S2. The van der Waals surface area contributed by atoms with Crippen LogP contribution in [0.5, 0.6) is 0 Å². The molecule has 9 nitrogen and oxygen atoms in total. The number of rotatable bonds is 12. The van der Waals surface area contributed by atoms with Gasteiger partial charge in [0.05, 0.1) is 29.2 Å². The zero-order valence-electron chi connectivity index (χ0n) is 19.6. The number of hydrogen-bond acceptors (Lipinski definition) is 9. The third kappa shape index (κ3) is 5.94. The third-order valence-corrected chi connectivity index (χ3v) is 8.99. The van der Waals surface area contributed by atoms with Gasteiger partial charge in [-0.3, -0.25) is 14.6 Å². The standard InChI is InChI=1S/C24H26FN3O6S2/c1-34-10-11-36(32,33)23(19(30)6-7-21(31)27-15-3-4-15)24-28-17-5-2-14(12-20(17)35-24)16-8-9-26-18(13-29)22(16)25/h2,5,8-9,12,15,23,29H,3-4,6-7,10-11,13H2,1H3,(H,27,31). The fourth-order valence-electron chi connectivity index (χ4n) is 3.75. The molecule has 1 amide bonds. The number of methoxy groups -OCH3 is 1. The fourth-order valence-corrected chi connectivity index (χ4v) is 6.86. The van der Waals surface area contributed by atoms with E-state index in [-0.39, 0.29) is 53.4 Å². The number of nitrogens with zero attached hydrogens (tertiary/aromatic N) is 2. The monoisotopic (exact) mass is 535 g/mol. The number of sulfone groups is 1. The minimum absolute atomic E-state index is 0.0850. The second-order valence-corrected chi connectivity index (χ2v) is 11.8. The summed E-state index contributed by atoms with van der Waals surface area (Å²) in [5, 5.41) is 10.7. The first-order valence-corrected chi connectivity index (χ1v) is 13.9. The van der Waals surface area contributed by atoms with Crippen LogP contribution in [0.2, 0.25) is 0 Å². The quantitative estimate of drug-likeness (QED) is 0.361. The second kappa shape index (κ2) is 11.1. The van der Waals surface area contributed by atoms with Crippen molar-refractivity contribution in [2.45, 2.75) is 43.6 Å². The Balaban J connectivity index is 1.65. The number of pyridine rings is 1. The van der Waals surface area contributed by atoms with E-state index in [0.29, 0.717) is 15.8 Å². The molecule has 1 fully saturated rings. The molecule has 1 aromatic carbocycles. The van der Waals surface area contributed by atoms with Crippen LogP contribution in [0.1, 0.15) is 41.6 Å². The summed E-state index contributed by atoms with van der Waals surface area (Å²) >= 11 is 1.03. The summed E-state index contributed by atoms with van der Waals surface area (Å²) in [7, 11) is -2.61. The van der Waals surface area contributed by atoms with Gasteiger partial charge in [-0.1, -0.05) is 6.07 Å². The Kier molecular flexibility index (Phi) is 8.08. The van der Waals surface area contributed by atoms with Gasteiger partial charge in [-0.25, -0.2) is 17.8 Å². The van der Waals surface area contributed by atoms with Crippen molar-refractivity contribution < 1.29 is 32.2 Å². The third-order valence-electron chi connectivity index (χ3n) is 5.82. The first-order valence-electron chi connectivity index (χ1n) is 11.4. The summed E-state index contributed by atoms with van der Waals surface area (Å²) < 4.78 is 46.4. The fraction of sp³-hybridized carbons (Fsp3) is 0.417. The smallest absolute Gasteiger partial charge is 0.220 e. The van der Waals surface area contributed by atoms with Crippen molar-refractivity contribution in [1.29, 1.82) is 0 Å². The van der Waals surface area contributed by atoms with Crippen molar-refractivity contribution in [3.05, 3.63) is 47.0 Å². The molecule has 1 atom stereocenters. The van der Waals surface area contributed by atoms with Gasteiger partial charge in [0.25, 0.3) is 0 Å². The predicted octanol–water partition coefficient (Wildman–Crippen LogP) is 2.72. The summed E-state index contributed by atoms with van der Waals surface area (Å²) in [5.41, 5.74) is 1.10. The maximum absolute atomic E-state index is 14.7. The van der Waals surface area contributed by atoms with Crippen LogP contribution in [0.25, 0.3) is 21.3 Å². The number of ether oxygens (including phenoxy) is 1. The molecule has 1 aliphatic carbocycles. The Hall–Kier alpha value is -2.80. The van der Waals surface area contributed by atoms with Crippen molar-refractivity contribution >= 4 is 43.1 Å². The first-order chi connectivity index (χ1) is 17.2. The van der Waals surface area contributed by atoms with E-state index in [4.69, 9.17) is 4.74 Å². The van der Waals surface area contributed by atoms with Crippen LogP contribution in [-0.2, 0) is 30.8 Å². The number of halogens is 1. The minimum Gasteiger partial charge on any atom is -0.390 e. The molecule has 1 unspecified atom stereocenters. The van der Waals surface area contributed by atoms with E-state index >= 15 is 0 Å². The molecule has 0 saturated heterocycles. The van der Waals surface area contributed by atoms with Crippen LogP contribution in [0.3, 0.4) is 0 Å². The van der Waals surface area contributed by atoms with Gasteiger partial charge in [0.2, 0.25) is 5.91 Å². The zero-order chi connectivity index (χ0) is 25.9. The maximum Gasteiger partial charge on any atom is 0.220 e. The average molecular weight is 536 g/mol. The Labute approximate surface area is 211 Å². The van der Waals surface area contributed by atoms with Crippen LogP contribution >= 0.6 is 11.3 Å². The van der Waals surface area contributed by atoms with E-state index in [1.165, 1.54) is 19.4 Å². The van der Waals surface area contributed by atoms with E-state index < -0.39 is 33.3 Å². The largest absolute Gasteiger partial charge is 0.390 e. The number of aromatic nitrogens is 2. The normalized spacial score (nSPS) is 14.6. The maximum atomic E-state index is 14.7. The molecule has 0 radical (unpaired) electrons. The molecule has 0 spiro atoms. The van der Waals surface area contributed by atoms with Gasteiger partial charge in [-0.15, -0.1) is 11.3 Å². The molecule has 12 heteroatoms. The van der Waals surface area contributed by atoms with Crippen molar-refractivity contribution in [3.63, 3.8) is 0 Å². The van der Waals surface area contributed by atoms with Gasteiger partial charge in [-0.05, 0) is 36.6 Å². The lowest BCUT2D eigenvalue weighted by Gasteiger charge is -2.14. The van der Waals surface area contributed by atoms with E-state index in [0.717, 1.165) is 24.2 Å². The molecule has 3 aromatic rings. The second-order valence-electron chi connectivity index (χ2n) is 8.56. The number of nitrogens with one attached hydrogen (secondary N) is 1. The molecule has 4 rings (SSSR count). The van der Waals surface area contributed by atoms with Gasteiger partial charge >= 0.3 is 0 Å². The molecule has 36 heavy (non-hydrogen) atoms. The summed E-state index contributed by atoms with van der Waals surface area (Å²) in [5.74, 6) is -1.91. The Morgan fingerprint density at radius 1 is 1.28 bits per heavy atom. The van der Waals surface area contributed by atoms with E-state index in [9.17, 15) is 27.5 Å². The van der Waals surface area contributed by atoms with Gasteiger partial charge in [0.15, 0.2) is 26.7 Å². The van der Waals surface area contributed by atoms with Crippen LogP contribution in [0, 0.1) is 5.82 Å². The molecule has 2 N–H and O–H groups in total. The van der Waals surface area contributed by atoms with Crippen LogP contribution in [-0.4, -0.2) is 60.7 Å². The lowest BCUT2D eigenvalue weighted by molar-refractivity contribution is -0.125. The van der Waals surface area contributed by atoms with Gasteiger partial charge in [0.1, 0.15) is 10.7 Å². The Bertz CT molecular complexity index is 1390. The highest BCUT2D eigenvalue weighted by Crippen LogP contribution is 2.35. The van der Waals surface area contributed by atoms with Gasteiger partial charge in [-0.2, -0.15) is 0 Å². The number of benzene rings is 1. The van der Waals surface area contributed by atoms with Crippen molar-refractivity contribution in [2.75, 3.05) is 19.5 Å². The van der Waals surface area contributed by atoms with Crippen molar-refractivity contribution in [2.24, 2.45) is 0 Å². The number of carbonyl (C=O) groups excluding carboxylic acids is 2. The van der Waals surface area contributed by atoms with E-state index in [1.807, 2.05) is 0 Å². The SMILES string of the molecule is COCCS(=O)(=O)C(C(=O)CCC(=O)NC1CC1)c1nc2ccc(-c3ccnc(CO)c3F)cc2s1. The zero-order valence-corrected chi connectivity index (χ0v) is 21.2. The molecule has 1 saturated carbocycles. The number of carbonyl (C=O) groups is 2. The van der Waals surface area contributed by atoms with Crippen LogP contribution in [0.15, 0.2) is 30.5 Å². The van der Waals surface area contributed by atoms with E-state index in [1.54, 1.807) is 18.2 Å².